The molecule has 1 aliphatic carbocycles. The summed E-state index contributed by atoms with van der Waals surface area (Å²) in [6.45, 7) is 0.639. The average molecular weight is 267 g/mol. The Labute approximate surface area is 113 Å². The lowest BCUT2D eigenvalue weighted by Crippen LogP contribution is -2.09. The molecule has 0 unspecified atom stereocenters. The molecular weight excluding hydrogens is 248 g/mol. The molecule has 0 amide bonds. The molecule has 0 aliphatic heterocycles. The molecule has 3 heteroatoms. The first-order chi connectivity index (χ1) is 8.75. The summed E-state index contributed by atoms with van der Waals surface area (Å²) in [5.41, 5.74) is 0. The maximum absolute atomic E-state index is 9.66. The van der Waals surface area contributed by atoms with Gasteiger partial charge in [0.05, 0.1) is 12.7 Å². The van der Waals surface area contributed by atoms with E-state index in [1.54, 1.807) is 0 Å². The number of benzene rings is 1. The van der Waals surface area contributed by atoms with Gasteiger partial charge in [0.1, 0.15) is 5.75 Å². The Balaban J connectivity index is 1.68. The standard InChI is InChI=1S/C15H19ClO2/c16-13-7-4-8-14(11-13)18-10-2-1-5-12-6-3-9-15(12)17/h1,4-5,7-8,11-12,15,17H,2-3,6,9-10H2/b5-1+/t12-,15+/m1/s1. The van der Waals surface area contributed by atoms with E-state index in [0.29, 0.717) is 17.5 Å². The lowest BCUT2D eigenvalue weighted by atomic mass is 10.1. The zero-order chi connectivity index (χ0) is 12.8. The van der Waals surface area contributed by atoms with Crippen molar-refractivity contribution >= 4 is 11.6 Å². The molecule has 1 aliphatic rings. The summed E-state index contributed by atoms with van der Waals surface area (Å²) in [7, 11) is 0. The highest BCUT2D eigenvalue weighted by atomic mass is 35.5. The van der Waals surface area contributed by atoms with Crippen molar-refractivity contribution in [3.8, 4) is 5.75 Å². The fourth-order valence-electron chi connectivity index (χ4n) is 2.27. The summed E-state index contributed by atoms with van der Waals surface area (Å²) in [4.78, 5) is 0. The van der Waals surface area contributed by atoms with E-state index in [1.807, 2.05) is 24.3 Å². The van der Waals surface area contributed by atoms with Crippen molar-refractivity contribution in [2.24, 2.45) is 5.92 Å². The number of ether oxygens (including phenoxy) is 1. The lowest BCUT2D eigenvalue weighted by molar-refractivity contribution is 0.153. The quantitative estimate of drug-likeness (QED) is 0.648. The van der Waals surface area contributed by atoms with Gasteiger partial charge in [-0.3, -0.25) is 0 Å². The zero-order valence-electron chi connectivity index (χ0n) is 10.4. The zero-order valence-corrected chi connectivity index (χ0v) is 11.1. The van der Waals surface area contributed by atoms with E-state index in [9.17, 15) is 5.11 Å². The summed E-state index contributed by atoms with van der Waals surface area (Å²) >= 11 is 5.87. The Morgan fingerprint density at radius 3 is 3.00 bits per heavy atom. The van der Waals surface area contributed by atoms with E-state index in [0.717, 1.165) is 31.4 Å². The van der Waals surface area contributed by atoms with Crippen LogP contribution in [0.5, 0.6) is 5.75 Å². The Morgan fingerprint density at radius 1 is 1.39 bits per heavy atom. The monoisotopic (exact) mass is 266 g/mol. The third-order valence-electron chi connectivity index (χ3n) is 3.26. The molecule has 0 heterocycles. The summed E-state index contributed by atoms with van der Waals surface area (Å²) < 4.78 is 5.58. The summed E-state index contributed by atoms with van der Waals surface area (Å²) in [5, 5.41) is 10.3. The SMILES string of the molecule is O[C@H]1CCC[C@H]1/C=C/CCOc1cccc(Cl)c1. The van der Waals surface area contributed by atoms with Crippen LogP contribution in [0.2, 0.25) is 5.02 Å². The molecule has 98 valence electrons. The molecular formula is C15H19ClO2. The predicted octanol–water partition coefficient (Wildman–Crippen LogP) is 3.83. The van der Waals surface area contributed by atoms with Crippen molar-refractivity contribution in [3.63, 3.8) is 0 Å². The van der Waals surface area contributed by atoms with E-state index >= 15 is 0 Å². The van der Waals surface area contributed by atoms with Gasteiger partial charge in [0, 0.05) is 10.9 Å². The predicted molar refractivity (Wildman–Crippen MR) is 74.1 cm³/mol. The Bertz CT molecular complexity index is 403. The fourth-order valence-corrected chi connectivity index (χ4v) is 2.45. The van der Waals surface area contributed by atoms with Crippen LogP contribution in [0.15, 0.2) is 36.4 Å². The van der Waals surface area contributed by atoms with Crippen LogP contribution in [0, 0.1) is 5.92 Å². The highest BCUT2D eigenvalue weighted by Crippen LogP contribution is 2.26. The second kappa shape index (κ2) is 6.81. The molecule has 1 N–H and O–H groups in total. The topological polar surface area (TPSA) is 29.5 Å². The minimum atomic E-state index is -0.143. The summed E-state index contributed by atoms with van der Waals surface area (Å²) in [5.74, 6) is 1.15. The van der Waals surface area contributed by atoms with Crippen LogP contribution in [0.25, 0.3) is 0 Å². The smallest absolute Gasteiger partial charge is 0.120 e. The highest BCUT2D eigenvalue weighted by molar-refractivity contribution is 6.30. The van der Waals surface area contributed by atoms with Crippen LogP contribution >= 0.6 is 11.6 Å². The number of hydrogen-bond donors (Lipinski definition) is 1. The van der Waals surface area contributed by atoms with Gasteiger partial charge in [0.2, 0.25) is 0 Å². The second-order valence-corrected chi connectivity index (χ2v) is 5.12. The largest absolute Gasteiger partial charge is 0.493 e. The van der Waals surface area contributed by atoms with Gasteiger partial charge >= 0.3 is 0 Å². The van der Waals surface area contributed by atoms with E-state index < -0.39 is 0 Å². The number of hydrogen-bond acceptors (Lipinski definition) is 2. The third kappa shape index (κ3) is 4.04. The molecule has 18 heavy (non-hydrogen) atoms. The van der Waals surface area contributed by atoms with Gasteiger partial charge in [0.15, 0.2) is 0 Å². The van der Waals surface area contributed by atoms with Gasteiger partial charge in [-0.05, 0) is 37.5 Å². The minimum absolute atomic E-state index is 0.143. The molecule has 1 saturated carbocycles. The molecule has 1 fully saturated rings. The first-order valence-electron chi connectivity index (χ1n) is 6.49. The van der Waals surface area contributed by atoms with E-state index in [2.05, 4.69) is 12.2 Å². The minimum Gasteiger partial charge on any atom is -0.493 e. The maximum Gasteiger partial charge on any atom is 0.120 e. The van der Waals surface area contributed by atoms with Gasteiger partial charge in [-0.25, -0.2) is 0 Å². The van der Waals surface area contributed by atoms with E-state index in [1.165, 1.54) is 0 Å². The first kappa shape index (κ1) is 13.4. The van der Waals surface area contributed by atoms with Crippen LogP contribution in [-0.2, 0) is 0 Å². The second-order valence-electron chi connectivity index (χ2n) is 4.68. The normalized spacial score (nSPS) is 23.7. The van der Waals surface area contributed by atoms with Crippen LogP contribution in [0.4, 0.5) is 0 Å². The van der Waals surface area contributed by atoms with Crippen molar-refractivity contribution in [2.75, 3.05) is 6.61 Å². The van der Waals surface area contributed by atoms with Crippen LogP contribution < -0.4 is 4.74 Å². The Kier molecular flexibility index (Phi) is 5.09. The van der Waals surface area contributed by atoms with Gasteiger partial charge in [-0.2, -0.15) is 0 Å². The van der Waals surface area contributed by atoms with Crippen LogP contribution in [0.1, 0.15) is 25.7 Å². The van der Waals surface area contributed by atoms with E-state index in [-0.39, 0.29) is 6.10 Å². The van der Waals surface area contributed by atoms with Crippen molar-refractivity contribution < 1.29 is 9.84 Å². The maximum atomic E-state index is 9.66. The average Bonchev–Trinajstić information content (AvgIpc) is 2.75. The van der Waals surface area contributed by atoms with Crippen LogP contribution in [0.3, 0.4) is 0 Å². The number of rotatable bonds is 5. The van der Waals surface area contributed by atoms with Crippen molar-refractivity contribution in [1.29, 1.82) is 0 Å². The molecule has 0 aromatic heterocycles. The van der Waals surface area contributed by atoms with Crippen LogP contribution in [-0.4, -0.2) is 17.8 Å². The molecule has 0 spiro atoms. The van der Waals surface area contributed by atoms with Gasteiger partial charge in [-0.15, -0.1) is 0 Å². The van der Waals surface area contributed by atoms with Crippen molar-refractivity contribution in [1.82, 2.24) is 0 Å². The molecule has 0 radical (unpaired) electrons. The van der Waals surface area contributed by atoms with Gasteiger partial charge in [-0.1, -0.05) is 36.2 Å². The van der Waals surface area contributed by atoms with Gasteiger partial charge in [0.25, 0.3) is 0 Å². The molecule has 2 atom stereocenters. The first-order valence-corrected chi connectivity index (χ1v) is 6.86. The van der Waals surface area contributed by atoms with Gasteiger partial charge < -0.3 is 9.84 Å². The number of halogens is 1. The van der Waals surface area contributed by atoms with E-state index in [4.69, 9.17) is 16.3 Å². The highest BCUT2D eigenvalue weighted by Gasteiger charge is 2.21. The number of aliphatic hydroxyl groups excluding tert-OH is 1. The fraction of sp³-hybridized carbons (Fsp3) is 0.467. The molecule has 0 bridgehead atoms. The molecule has 1 aromatic rings. The lowest BCUT2D eigenvalue weighted by Gasteiger charge is -2.08. The van der Waals surface area contributed by atoms with Crippen molar-refractivity contribution in [2.45, 2.75) is 31.8 Å². The summed E-state index contributed by atoms with van der Waals surface area (Å²) in [6, 6.07) is 7.42. The molecule has 0 saturated heterocycles. The summed E-state index contributed by atoms with van der Waals surface area (Å²) in [6.07, 6.45) is 8.12. The Hall–Kier alpha value is -0.990. The molecule has 1 aromatic carbocycles. The number of aliphatic hydroxyl groups is 1. The van der Waals surface area contributed by atoms with Crippen molar-refractivity contribution in [3.05, 3.63) is 41.4 Å². The Morgan fingerprint density at radius 2 is 2.28 bits per heavy atom. The molecule has 2 nitrogen and oxygen atoms in total. The third-order valence-corrected chi connectivity index (χ3v) is 3.50. The molecule has 2 rings (SSSR count).